The first-order valence-electron chi connectivity index (χ1n) is 24.2. The monoisotopic (exact) mass is 946 g/mol. The second-order valence-corrected chi connectivity index (χ2v) is 20.6. The van der Waals surface area contributed by atoms with E-state index in [4.69, 9.17) is 4.74 Å². The van der Waals surface area contributed by atoms with E-state index in [1.54, 1.807) is 54.6 Å². The number of hydrogen-bond donors (Lipinski definition) is 5. The van der Waals surface area contributed by atoms with Gasteiger partial charge in [0.25, 0.3) is 0 Å². The summed E-state index contributed by atoms with van der Waals surface area (Å²) in [6, 6.07) is 25.1. The summed E-state index contributed by atoms with van der Waals surface area (Å²) in [4.78, 5) is 59.4. The highest BCUT2D eigenvalue weighted by atomic mass is 32.1. The van der Waals surface area contributed by atoms with Crippen LogP contribution in [0.2, 0.25) is 0 Å². The summed E-state index contributed by atoms with van der Waals surface area (Å²) in [7, 11) is 0. The number of carbonyl (C=O) groups excluding carboxylic acids is 4. The molecular formula is C55H70N4O8S. The number of nitrogens with zero attached hydrogens (tertiary/aromatic N) is 2. The first kappa shape index (κ1) is 51.6. The molecule has 1 aromatic heterocycles. The number of ether oxygens (including phenoxy) is 1. The lowest BCUT2D eigenvalue weighted by Gasteiger charge is -2.35. The zero-order valence-electron chi connectivity index (χ0n) is 40.7. The lowest BCUT2D eigenvalue weighted by Crippen LogP contribution is -2.57. The number of β-amino-alcohol motifs (C(OH)–C–C–N with tert-alkyl or cyclic N) is 1. The van der Waals surface area contributed by atoms with Gasteiger partial charge in [-0.05, 0) is 128 Å². The Morgan fingerprint density at radius 2 is 1.46 bits per heavy atom. The predicted molar refractivity (Wildman–Crippen MR) is 270 cm³/mol. The lowest BCUT2D eigenvalue weighted by atomic mass is 9.85. The highest BCUT2D eigenvalue weighted by molar-refractivity contribution is 7.22. The molecule has 3 amide bonds. The maximum Gasteiger partial charge on any atom is 0.246 e. The van der Waals surface area contributed by atoms with Crippen molar-refractivity contribution in [3.63, 3.8) is 0 Å². The Hall–Kier alpha value is -5.76. The van der Waals surface area contributed by atoms with Crippen LogP contribution in [0.15, 0.2) is 91.0 Å². The van der Waals surface area contributed by atoms with Gasteiger partial charge in [0.2, 0.25) is 17.7 Å². The number of phenolic OH excluding ortho intramolecular Hbond substituents is 2. The van der Waals surface area contributed by atoms with E-state index in [1.165, 1.54) is 21.8 Å². The van der Waals surface area contributed by atoms with Gasteiger partial charge < -0.3 is 40.5 Å². The van der Waals surface area contributed by atoms with Crippen LogP contribution in [0.3, 0.4) is 0 Å². The molecule has 0 saturated carbocycles. The van der Waals surface area contributed by atoms with Crippen molar-refractivity contribution in [2.45, 2.75) is 124 Å². The van der Waals surface area contributed by atoms with Crippen LogP contribution in [-0.2, 0) is 14.4 Å². The molecule has 4 aromatic carbocycles. The Morgan fingerprint density at radius 1 is 0.809 bits per heavy atom. The Balaban J connectivity index is 0.903. The molecule has 1 fully saturated rings. The molecule has 1 saturated heterocycles. The highest BCUT2D eigenvalue weighted by Gasteiger charge is 2.44. The largest absolute Gasteiger partial charge is 0.508 e. The summed E-state index contributed by atoms with van der Waals surface area (Å²) in [5.74, 6) is 0.327. The fraction of sp³-hybridized carbons (Fsp3) is 0.455. The second-order valence-electron chi connectivity index (χ2n) is 19.5. The van der Waals surface area contributed by atoms with E-state index in [0.29, 0.717) is 42.2 Å². The summed E-state index contributed by atoms with van der Waals surface area (Å²) in [6.07, 6.45) is 4.21. The van der Waals surface area contributed by atoms with E-state index in [-0.39, 0.29) is 54.0 Å². The minimum Gasteiger partial charge on any atom is -0.508 e. The van der Waals surface area contributed by atoms with Crippen molar-refractivity contribution < 1.29 is 39.2 Å². The molecule has 5 aromatic rings. The Bertz CT molecular complexity index is 2480. The molecule has 68 heavy (non-hydrogen) atoms. The first-order valence-corrected chi connectivity index (χ1v) is 25.0. The van der Waals surface area contributed by atoms with Crippen LogP contribution in [0.25, 0.3) is 20.5 Å². The van der Waals surface area contributed by atoms with Gasteiger partial charge in [0, 0.05) is 52.0 Å². The number of aromatic hydroxyl groups is 2. The number of rotatable bonds is 22. The Morgan fingerprint density at radius 3 is 2.12 bits per heavy atom. The molecule has 364 valence electrons. The molecular weight excluding hydrogens is 877 g/mol. The highest BCUT2D eigenvalue weighted by Crippen LogP contribution is 2.41. The molecule has 1 aliphatic heterocycles. The van der Waals surface area contributed by atoms with Crippen molar-refractivity contribution in [3.8, 4) is 27.7 Å². The molecule has 0 radical (unpaired) electrons. The number of unbranched alkanes of at least 4 members (excludes halogenated alkanes) is 4. The molecule has 0 unspecified atom stereocenters. The molecule has 12 nitrogen and oxygen atoms in total. The maximum absolute atomic E-state index is 14.1. The molecule has 0 aliphatic carbocycles. The van der Waals surface area contributed by atoms with Crippen molar-refractivity contribution in [1.82, 2.24) is 20.4 Å². The quantitative estimate of drug-likeness (QED) is 0.0335. The summed E-state index contributed by atoms with van der Waals surface area (Å²) >= 11 is 1.43. The van der Waals surface area contributed by atoms with E-state index in [9.17, 15) is 34.5 Å². The number of nitrogens with one attached hydrogen (secondary N) is 2. The van der Waals surface area contributed by atoms with E-state index < -0.39 is 23.6 Å². The first-order chi connectivity index (χ1) is 32.4. The minimum absolute atomic E-state index is 0.0332. The maximum atomic E-state index is 14.1. The molecule has 13 heteroatoms. The third kappa shape index (κ3) is 13.5. The van der Waals surface area contributed by atoms with Gasteiger partial charge in [0.05, 0.1) is 12.1 Å². The molecule has 2 heterocycles. The number of aliphatic hydroxyl groups excluding tert-OH is 1. The second kappa shape index (κ2) is 23.5. The van der Waals surface area contributed by atoms with Crippen LogP contribution in [-0.4, -0.2) is 99.6 Å². The van der Waals surface area contributed by atoms with Crippen LogP contribution < -0.4 is 15.4 Å². The zero-order chi connectivity index (χ0) is 49.1. The van der Waals surface area contributed by atoms with Crippen LogP contribution in [0, 0.1) is 5.41 Å². The fourth-order valence-corrected chi connectivity index (χ4v) is 10.00. The lowest BCUT2D eigenvalue weighted by molar-refractivity contribution is -0.144. The van der Waals surface area contributed by atoms with Crippen molar-refractivity contribution in [2.75, 3.05) is 32.8 Å². The fourth-order valence-electron chi connectivity index (χ4n) is 8.76. The number of likely N-dealkylation sites (tertiary alicyclic amines) is 1. The summed E-state index contributed by atoms with van der Waals surface area (Å²) < 4.78 is 6.89. The van der Waals surface area contributed by atoms with Crippen molar-refractivity contribution in [2.24, 2.45) is 5.41 Å². The van der Waals surface area contributed by atoms with E-state index in [1.807, 2.05) is 52.0 Å². The van der Waals surface area contributed by atoms with Crippen LogP contribution in [0.4, 0.5) is 0 Å². The number of thiophene rings is 1. The number of amides is 3. The van der Waals surface area contributed by atoms with Gasteiger partial charge >= 0.3 is 0 Å². The number of fused-ring (bicyclic) bond motifs is 1. The topological polar surface area (TPSA) is 169 Å². The number of aliphatic hydroxyl groups is 1. The summed E-state index contributed by atoms with van der Waals surface area (Å²) in [5.41, 5.74) is 3.43. The number of carbonyl (C=O) groups is 4. The van der Waals surface area contributed by atoms with Crippen molar-refractivity contribution >= 4 is 44.9 Å². The SMILES string of the molecule is CCN(CCCCCCCC(=O)N[C@H](C(=O)N1C[C@H](O)C[C@H]1C(=O)N[C@@H](C)c1ccc(C(C)C)cc1)C(C)(C)C)CCOc1ccc(C(=O)c2c(-c3ccc(O)cc3)sc3cc(O)ccc23)cc1. The molecule has 4 atom stereocenters. The van der Waals surface area contributed by atoms with E-state index in [2.05, 4.69) is 48.4 Å². The number of benzene rings is 4. The standard InChI is InChI=1S/C55H70N4O8S/c1-8-58(30-31-67-44-26-21-39(22-27-44)50(64)49-45-28-25-42(61)33-47(45)68-51(49)40-19-23-41(60)24-20-40)29-13-11-9-10-12-14-48(63)57-52(55(5,6)7)54(66)59-34-43(62)32-46(59)53(65)56-36(4)38-17-15-37(16-18-38)35(2)3/h15-28,33,35-36,43,46,52,60-62H,8-14,29-32,34H2,1-7H3,(H,56,65)(H,57,63)/t36-,43+,46-,52+/m0/s1. The van der Waals surface area contributed by atoms with E-state index >= 15 is 0 Å². The van der Waals surface area contributed by atoms with Gasteiger partial charge in [-0.15, -0.1) is 11.3 Å². The minimum atomic E-state index is -0.856. The van der Waals surface area contributed by atoms with Gasteiger partial charge in [0.1, 0.15) is 35.9 Å². The Labute approximate surface area is 405 Å². The average Bonchev–Trinajstić information content (AvgIpc) is 3.90. The molecule has 1 aliphatic rings. The number of phenols is 2. The zero-order valence-corrected chi connectivity index (χ0v) is 41.5. The van der Waals surface area contributed by atoms with E-state index in [0.717, 1.165) is 71.4 Å². The number of ketones is 1. The van der Waals surface area contributed by atoms with Gasteiger partial charge in [-0.3, -0.25) is 19.2 Å². The van der Waals surface area contributed by atoms with Crippen molar-refractivity contribution in [1.29, 1.82) is 0 Å². The average molecular weight is 947 g/mol. The molecule has 6 rings (SSSR count). The molecule has 5 N–H and O–H groups in total. The third-order valence-electron chi connectivity index (χ3n) is 12.9. The van der Waals surface area contributed by atoms with Crippen LogP contribution in [0.1, 0.15) is 132 Å². The van der Waals surface area contributed by atoms with Gasteiger partial charge in [-0.1, -0.05) is 85.1 Å². The summed E-state index contributed by atoms with van der Waals surface area (Å²) in [6.45, 7) is 17.1. The van der Waals surface area contributed by atoms with Gasteiger partial charge in [-0.2, -0.15) is 0 Å². The smallest absolute Gasteiger partial charge is 0.246 e. The van der Waals surface area contributed by atoms with Gasteiger partial charge in [-0.25, -0.2) is 0 Å². The van der Waals surface area contributed by atoms with Crippen LogP contribution >= 0.6 is 11.3 Å². The van der Waals surface area contributed by atoms with Crippen molar-refractivity contribution in [3.05, 3.63) is 113 Å². The normalized spacial score (nSPS) is 16.0. The third-order valence-corrected chi connectivity index (χ3v) is 14.1. The number of likely N-dealkylation sites (N-methyl/N-ethyl adjacent to an activating group) is 1. The summed E-state index contributed by atoms with van der Waals surface area (Å²) in [5, 5.41) is 37.4. The molecule has 0 bridgehead atoms. The van der Waals surface area contributed by atoms with Gasteiger partial charge in [0.15, 0.2) is 5.78 Å². The predicted octanol–water partition coefficient (Wildman–Crippen LogP) is 9.75. The van der Waals surface area contributed by atoms with Crippen LogP contribution in [0.5, 0.6) is 17.2 Å². The Kier molecular flexibility index (Phi) is 17.8. The number of hydrogen-bond acceptors (Lipinski definition) is 10. The molecule has 0 spiro atoms.